The van der Waals surface area contributed by atoms with E-state index in [1.807, 2.05) is 0 Å². The van der Waals surface area contributed by atoms with Crippen molar-refractivity contribution in [3.63, 3.8) is 0 Å². The number of nitrogens with one attached hydrogen (secondary N) is 1. The van der Waals surface area contributed by atoms with Crippen molar-refractivity contribution in [3.8, 4) is 0 Å². The van der Waals surface area contributed by atoms with Crippen LogP contribution < -0.4 is 5.32 Å². The summed E-state index contributed by atoms with van der Waals surface area (Å²) in [5.74, 6) is 0. The third kappa shape index (κ3) is 5.73. The van der Waals surface area contributed by atoms with Crippen molar-refractivity contribution >= 4 is 0 Å². The average Bonchev–Trinajstić information content (AvgIpc) is 2.85. The van der Waals surface area contributed by atoms with Gasteiger partial charge in [0.15, 0.2) is 0 Å². The molecule has 2 fully saturated rings. The van der Waals surface area contributed by atoms with Gasteiger partial charge in [0, 0.05) is 12.1 Å². The fourth-order valence-corrected chi connectivity index (χ4v) is 3.76. The van der Waals surface area contributed by atoms with E-state index in [-0.39, 0.29) is 0 Å². The topological polar surface area (TPSA) is 12.0 Å². The first-order valence-corrected chi connectivity index (χ1v) is 8.71. The van der Waals surface area contributed by atoms with Crippen molar-refractivity contribution in [1.29, 1.82) is 0 Å². The molecule has 0 aromatic carbocycles. The van der Waals surface area contributed by atoms with Crippen molar-refractivity contribution in [2.75, 3.05) is 0 Å². The SMILES string of the molecule is C1CCCCCC(NC2CCCC2)CCCCC1. The molecule has 2 saturated carbocycles. The minimum absolute atomic E-state index is 0.840. The van der Waals surface area contributed by atoms with E-state index in [1.54, 1.807) is 0 Å². The molecule has 0 atom stereocenters. The van der Waals surface area contributed by atoms with Gasteiger partial charge in [0.2, 0.25) is 0 Å². The van der Waals surface area contributed by atoms with Gasteiger partial charge in [-0.05, 0) is 25.7 Å². The number of rotatable bonds is 2. The van der Waals surface area contributed by atoms with E-state index < -0.39 is 0 Å². The van der Waals surface area contributed by atoms with Crippen LogP contribution in [0.3, 0.4) is 0 Å². The summed E-state index contributed by atoms with van der Waals surface area (Å²) in [6, 6.07) is 1.70. The molecule has 0 aliphatic heterocycles. The molecular formula is C17H33N. The highest BCUT2D eigenvalue weighted by Crippen LogP contribution is 2.22. The quantitative estimate of drug-likeness (QED) is 0.712. The molecule has 0 bridgehead atoms. The molecule has 0 aromatic rings. The Hall–Kier alpha value is -0.0400. The van der Waals surface area contributed by atoms with Crippen molar-refractivity contribution in [1.82, 2.24) is 5.32 Å². The van der Waals surface area contributed by atoms with Gasteiger partial charge in [-0.25, -0.2) is 0 Å². The molecule has 1 heteroatoms. The van der Waals surface area contributed by atoms with Gasteiger partial charge in [-0.1, -0.05) is 70.6 Å². The molecular weight excluding hydrogens is 218 g/mol. The highest BCUT2D eigenvalue weighted by molar-refractivity contribution is 4.79. The summed E-state index contributed by atoms with van der Waals surface area (Å²) in [6.45, 7) is 0. The van der Waals surface area contributed by atoms with E-state index in [2.05, 4.69) is 5.32 Å². The summed E-state index contributed by atoms with van der Waals surface area (Å²) >= 11 is 0. The van der Waals surface area contributed by atoms with Gasteiger partial charge in [0.1, 0.15) is 0 Å². The van der Waals surface area contributed by atoms with Gasteiger partial charge in [-0.3, -0.25) is 0 Å². The summed E-state index contributed by atoms with van der Waals surface area (Å²) in [5, 5.41) is 3.97. The summed E-state index contributed by atoms with van der Waals surface area (Å²) in [5.41, 5.74) is 0. The van der Waals surface area contributed by atoms with E-state index >= 15 is 0 Å². The average molecular weight is 251 g/mol. The van der Waals surface area contributed by atoms with Gasteiger partial charge in [-0.15, -0.1) is 0 Å². The lowest BCUT2D eigenvalue weighted by atomic mass is 9.97. The highest BCUT2D eigenvalue weighted by atomic mass is 15.0. The lowest BCUT2D eigenvalue weighted by Crippen LogP contribution is -2.36. The van der Waals surface area contributed by atoms with Crippen LogP contribution in [0.25, 0.3) is 0 Å². The minimum Gasteiger partial charge on any atom is -0.311 e. The minimum atomic E-state index is 0.840. The van der Waals surface area contributed by atoms with Crippen LogP contribution in [0.4, 0.5) is 0 Å². The molecule has 0 unspecified atom stereocenters. The van der Waals surface area contributed by atoms with E-state index in [9.17, 15) is 0 Å². The fourth-order valence-electron chi connectivity index (χ4n) is 3.76. The molecule has 1 N–H and O–H groups in total. The molecule has 0 aromatic heterocycles. The van der Waals surface area contributed by atoms with Gasteiger partial charge in [0.25, 0.3) is 0 Å². The normalized spacial score (nSPS) is 26.7. The molecule has 0 amide bonds. The monoisotopic (exact) mass is 251 g/mol. The maximum absolute atomic E-state index is 3.97. The molecule has 2 rings (SSSR count). The van der Waals surface area contributed by atoms with Gasteiger partial charge in [-0.2, -0.15) is 0 Å². The van der Waals surface area contributed by atoms with Crippen LogP contribution in [0, 0.1) is 0 Å². The van der Waals surface area contributed by atoms with Crippen LogP contribution in [0.5, 0.6) is 0 Å². The number of hydrogen-bond acceptors (Lipinski definition) is 1. The lowest BCUT2D eigenvalue weighted by molar-refractivity contribution is 0.363. The summed E-state index contributed by atoms with van der Waals surface area (Å²) in [6.07, 6.45) is 22.0. The van der Waals surface area contributed by atoms with Gasteiger partial charge >= 0.3 is 0 Å². The zero-order valence-corrected chi connectivity index (χ0v) is 12.3. The lowest BCUT2D eigenvalue weighted by Gasteiger charge is -2.23. The first-order valence-electron chi connectivity index (χ1n) is 8.71. The molecule has 2 aliphatic carbocycles. The maximum atomic E-state index is 3.97. The first kappa shape index (κ1) is 14.4. The van der Waals surface area contributed by atoms with Crippen molar-refractivity contribution in [2.24, 2.45) is 0 Å². The molecule has 0 spiro atoms. The zero-order chi connectivity index (χ0) is 12.5. The molecule has 1 nitrogen and oxygen atoms in total. The van der Waals surface area contributed by atoms with E-state index in [1.165, 1.54) is 96.3 Å². The molecule has 0 radical (unpaired) electrons. The second-order valence-electron chi connectivity index (χ2n) is 6.60. The van der Waals surface area contributed by atoms with Crippen LogP contribution in [0.1, 0.15) is 96.3 Å². The molecule has 0 saturated heterocycles. The van der Waals surface area contributed by atoms with E-state index in [0.717, 1.165) is 12.1 Å². The Kier molecular flexibility index (Phi) is 7.15. The summed E-state index contributed by atoms with van der Waals surface area (Å²) < 4.78 is 0. The Morgan fingerprint density at radius 1 is 0.389 bits per heavy atom. The van der Waals surface area contributed by atoms with E-state index in [4.69, 9.17) is 0 Å². The molecule has 2 aliphatic rings. The predicted octanol–water partition coefficient (Wildman–Crippen LogP) is 5.19. The first-order chi connectivity index (χ1) is 8.95. The fraction of sp³-hybridized carbons (Fsp3) is 1.00. The second-order valence-corrected chi connectivity index (χ2v) is 6.60. The van der Waals surface area contributed by atoms with Crippen LogP contribution in [0.2, 0.25) is 0 Å². The Morgan fingerprint density at radius 2 is 0.667 bits per heavy atom. The van der Waals surface area contributed by atoms with Crippen molar-refractivity contribution < 1.29 is 0 Å². The predicted molar refractivity (Wildman–Crippen MR) is 80.0 cm³/mol. The van der Waals surface area contributed by atoms with E-state index in [0.29, 0.717) is 0 Å². The van der Waals surface area contributed by atoms with Gasteiger partial charge < -0.3 is 5.32 Å². The Bertz CT molecular complexity index is 184. The smallest absolute Gasteiger partial charge is 0.00696 e. The van der Waals surface area contributed by atoms with Crippen molar-refractivity contribution in [2.45, 2.75) is 108 Å². The Labute approximate surface area is 114 Å². The van der Waals surface area contributed by atoms with Crippen LogP contribution >= 0.6 is 0 Å². The summed E-state index contributed by atoms with van der Waals surface area (Å²) in [4.78, 5) is 0. The van der Waals surface area contributed by atoms with Crippen LogP contribution in [-0.4, -0.2) is 12.1 Å². The number of hydrogen-bond donors (Lipinski definition) is 1. The van der Waals surface area contributed by atoms with Crippen LogP contribution in [0.15, 0.2) is 0 Å². The standard InChI is InChI=1S/C17H33N/c1-2-4-6-8-12-16(13-9-7-5-3-1)18-17-14-10-11-15-17/h16-18H,1-15H2. The second kappa shape index (κ2) is 8.96. The Morgan fingerprint density at radius 3 is 1.06 bits per heavy atom. The maximum Gasteiger partial charge on any atom is 0.00696 e. The molecule has 0 heterocycles. The Balaban J connectivity index is 1.70. The zero-order valence-electron chi connectivity index (χ0n) is 12.3. The van der Waals surface area contributed by atoms with Crippen LogP contribution in [-0.2, 0) is 0 Å². The highest BCUT2D eigenvalue weighted by Gasteiger charge is 2.18. The van der Waals surface area contributed by atoms with Crippen molar-refractivity contribution in [3.05, 3.63) is 0 Å². The molecule has 106 valence electrons. The molecule has 18 heavy (non-hydrogen) atoms. The largest absolute Gasteiger partial charge is 0.311 e. The third-order valence-corrected chi connectivity index (χ3v) is 4.93. The summed E-state index contributed by atoms with van der Waals surface area (Å²) in [7, 11) is 0. The van der Waals surface area contributed by atoms with Gasteiger partial charge in [0.05, 0.1) is 0 Å². The third-order valence-electron chi connectivity index (χ3n) is 4.93.